The van der Waals surface area contributed by atoms with E-state index in [-0.39, 0.29) is 0 Å². The van der Waals surface area contributed by atoms with Crippen molar-refractivity contribution in [3.05, 3.63) is 59.7 Å². The van der Waals surface area contributed by atoms with E-state index >= 15 is 0 Å². The van der Waals surface area contributed by atoms with Crippen LogP contribution in [0.15, 0.2) is 36.4 Å². The highest BCUT2D eigenvalue weighted by molar-refractivity contribution is 5.87. The predicted molar refractivity (Wildman–Crippen MR) is 58.0 cm³/mol. The SMILES string of the molecule is [C]1=CCCc2c1ccc1cc[c]cc21. The number of rotatable bonds is 0. The van der Waals surface area contributed by atoms with E-state index in [1.165, 1.54) is 21.9 Å². The summed E-state index contributed by atoms with van der Waals surface area (Å²) < 4.78 is 0. The van der Waals surface area contributed by atoms with E-state index in [2.05, 4.69) is 42.5 Å². The molecule has 3 rings (SSSR count). The van der Waals surface area contributed by atoms with Crippen LogP contribution in [-0.2, 0) is 6.42 Å². The smallest absolute Gasteiger partial charge is 0.0139 e. The monoisotopic (exact) mass is 178 g/mol. The molecule has 0 heterocycles. The molecule has 0 nitrogen and oxygen atoms in total. The molecule has 0 saturated carbocycles. The average Bonchev–Trinajstić information content (AvgIpc) is 2.29. The van der Waals surface area contributed by atoms with Gasteiger partial charge in [-0.3, -0.25) is 0 Å². The summed E-state index contributed by atoms with van der Waals surface area (Å²) in [7, 11) is 0. The standard InChI is InChI=1S/C14H10/c1-3-7-13-11(5-1)9-10-12-6-2-4-8-14(12)13/h1-2,6,8-10H,3,7H2. The third-order valence-electron chi connectivity index (χ3n) is 2.77. The predicted octanol–water partition coefficient (Wildman–Crippen LogP) is 3.29. The van der Waals surface area contributed by atoms with Crippen LogP contribution < -0.4 is 0 Å². The summed E-state index contributed by atoms with van der Waals surface area (Å²) >= 11 is 0. The van der Waals surface area contributed by atoms with Crippen molar-refractivity contribution < 1.29 is 0 Å². The van der Waals surface area contributed by atoms with Crippen LogP contribution in [0.25, 0.3) is 10.8 Å². The van der Waals surface area contributed by atoms with Gasteiger partial charge >= 0.3 is 0 Å². The first kappa shape index (κ1) is 7.81. The fraction of sp³-hybridized carbons (Fsp3) is 0.143. The summed E-state index contributed by atoms with van der Waals surface area (Å²) in [5, 5.41) is 2.65. The van der Waals surface area contributed by atoms with Crippen LogP contribution in [0.2, 0.25) is 0 Å². The third-order valence-corrected chi connectivity index (χ3v) is 2.77. The van der Waals surface area contributed by atoms with Crippen LogP contribution in [0.4, 0.5) is 0 Å². The zero-order valence-corrected chi connectivity index (χ0v) is 7.88. The highest BCUT2D eigenvalue weighted by Gasteiger charge is 2.07. The van der Waals surface area contributed by atoms with Gasteiger partial charge in [-0.1, -0.05) is 30.3 Å². The highest BCUT2D eigenvalue weighted by atomic mass is 14.1. The topological polar surface area (TPSA) is 0 Å². The Hall–Kier alpha value is -1.56. The van der Waals surface area contributed by atoms with Crippen molar-refractivity contribution in [2.45, 2.75) is 12.8 Å². The van der Waals surface area contributed by atoms with Gasteiger partial charge in [0.05, 0.1) is 0 Å². The Morgan fingerprint density at radius 2 is 2.14 bits per heavy atom. The molecule has 14 heavy (non-hydrogen) atoms. The summed E-state index contributed by atoms with van der Waals surface area (Å²) in [4.78, 5) is 0. The second kappa shape index (κ2) is 2.98. The Kier molecular flexibility index (Phi) is 1.66. The van der Waals surface area contributed by atoms with Crippen molar-refractivity contribution in [3.63, 3.8) is 0 Å². The number of benzene rings is 2. The van der Waals surface area contributed by atoms with Crippen molar-refractivity contribution >= 4 is 10.8 Å². The molecule has 2 aromatic rings. The molecule has 2 radical (unpaired) electrons. The Balaban J connectivity index is 2.41. The number of hydrogen-bond acceptors (Lipinski definition) is 0. The van der Waals surface area contributed by atoms with Gasteiger partial charge in [-0.15, -0.1) is 0 Å². The van der Waals surface area contributed by atoms with Crippen LogP contribution >= 0.6 is 0 Å². The largest absolute Gasteiger partial charge is 0.0757 e. The first-order valence-corrected chi connectivity index (χ1v) is 4.95. The molecule has 0 heteroatoms. The van der Waals surface area contributed by atoms with Gasteiger partial charge in [0, 0.05) is 0 Å². The molecular formula is C14H10. The molecule has 66 valence electrons. The van der Waals surface area contributed by atoms with Crippen LogP contribution in [0.5, 0.6) is 0 Å². The van der Waals surface area contributed by atoms with Crippen molar-refractivity contribution in [2.75, 3.05) is 0 Å². The van der Waals surface area contributed by atoms with E-state index in [9.17, 15) is 0 Å². The Labute approximate surface area is 83.9 Å². The molecule has 0 amide bonds. The summed E-state index contributed by atoms with van der Waals surface area (Å²) in [5.74, 6) is 0. The van der Waals surface area contributed by atoms with E-state index in [0.29, 0.717) is 0 Å². The van der Waals surface area contributed by atoms with Gasteiger partial charge in [0.15, 0.2) is 0 Å². The fourth-order valence-corrected chi connectivity index (χ4v) is 2.07. The summed E-state index contributed by atoms with van der Waals surface area (Å²) in [6.45, 7) is 0. The van der Waals surface area contributed by atoms with Crippen LogP contribution in [0.3, 0.4) is 0 Å². The summed E-state index contributed by atoms with van der Waals surface area (Å²) in [6, 6.07) is 13.6. The van der Waals surface area contributed by atoms with Crippen LogP contribution in [0.1, 0.15) is 17.5 Å². The summed E-state index contributed by atoms with van der Waals surface area (Å²) in [6.07, 6.45) is 7.69. The number of fused-ring (bicyclic) bond motifs is 3. The van der Waals surface area contributed by atoms with Crippen molar-refractivity contribution in [2.24, 2.45) is 0 Å². The molecule has 0 unspecified atom stereocenters. The number of aryl methyl sites for hydroxylation is 1. The van der Waals surface area contributed by atoms with Gasteiger partial charge in [-0.2, -0.15) is 0 Å². The molecule has 0 spiro atoms. The van der Waals surface area contributed by atoms with E-state index < -0.39 is 0 Å². The second-order valence-electron chi connectivity index (χ2n) is 3.63. The Bertz CT molecular complexity index is 506. The van der Waals surface area contributed by atoms with Crippen molar-refractivity contribution in [3.8, 4) is 0 Å². The number of allylic oxidation sites excluding steroid dienone is 1. The van der Waals surface area contributed by atoms with Gasteiger partial charge in [-0.05, 0) is 52.9 Å². The lowest BCUT2D eigenvalue weighted by atomic mass is 9.92. The second-order valence-corrected chi connectivity index (χ2v) is 3.63. The molecule has 2 aromatic carbocycles. The third kappa shape index (κ3) is 1.07. The molecule has 0 atom stereocenters. The van der Waals surface area contributed by atoms with Crippen molar-refractivity contribution in [1.82, 2.24) is 0 Å². The van der Waals surface area contributed by atoms with Gasteiger partial charge in [0.1, 0.15) is 0 Å². The zero-order chi connectivity index (χ0) is 9.38. The lowest BCUT2D eigenvalue weighted by molar-refractivity contribution is 0.976. The minimum Gasteiger partial charge on any atom is -0.0757 e. The van der Waals surface area contributed by atoms with E-state index in [4.69, 9.17) is 0 Å². The van der Waals surface area contributed by atoms with Gasteiger partial charge in [-0.25, -0.2) is 0 Å². The summed E-state index contributed by atoms with van der Waals surface area (Å²) in [5.41, 5.74) is 2.69. The molecule has 0 aromatic heterocycles. The molecule has 0 bridgehead atoms. The van der Waals surface area contributed by atoms with Crippen LogP contribution in [0, 0.1) is 12.1 Å². The molecule has 0 saturated heterocycles. The van der Waals surface area contributed by atoms with E-state index in [1.807, 2.05) is 6.07 Å². The molecule has 0 N–H and O–H groups in total. The lowest BCUT2D eigenvalue weighted by Crippen LogP contribution is -1.96. The average molecular weight is 178 g/mol. The van der Waals surface area contributed by atoms with Crippen LogP contribution in [-0.4, -0.2) is 0 Å². The molecule has 1 aliphatic rings. The maximum absolute atomic E-state index is 3.32. The van der Waals surface area contributed by atoms with Gasteiger partial charge in [0.25, 0.3) is 0 Å². The van der Waals surface area contributed by atoms with Gasteiger partial charge < -0.3 is 0 Å². The number of hydrogen-bond donors (Lipinski definition) is 0. The molecular weight excluding hydrogens is 168 g/mol. The minimum atomic E-state index is 1.11. The minimum absolute atomic E-state index is 1.11. The maximum atomic E-state index is 3.32. The quantitative estimate of drug-likeness (QED) is 0.580. The molecule has 1 aliphatic carbocycles. The van der Waals surface area contributed by atoms with Gasteiger partial charge in [0.2, 0.25) is 0 Å². The maximum Gasteiger partial charge on any atom is -0.0139 e. The van der Waals surface area contributed by atoms with E-state index in [1.54, 1.807) is 0 Å². The Morgan fingerprint density at radius 3 is 3.14 bits per heavy atom. The zero-order valence-electron chi connectivity index (χ0n) is 7.88. The fourth-order valence-electron chi connectivity index (χ4n) is 2.07. The van der Waals surface area contributed by atoms with E-state index in [0.717, 1.165) is 12.8 Å². The molecule has 0 fully saturated rings. The first-order chi connectivity index (χ1) is 6.95. The first-order valence-electron chi connectivity index (χ1n) is 4.95. The molecule has 0 aliphatic heterocycles. The van der Waals surface area contributed by atoms with Crippen molar-refractivity contribution in [1.29, 1.82) is 0 Å². The lowest BCUT2D eigenvalue weighted by Gasteiger charge is -2.12. The highest BCUT2D eigenvalue weighted by Crippen LogP contribution is 2.26. The Morgan fingerprint density at radius 1 is 1.14 bits per heavy atom. The normalized spacial score (nSPS) is 14.3.